The van der Waals surface area contributed by atoms with Crippen molar-refractivity contribution in [3.05, 3.63) is 64.3 Å². The first kappa shape index (κ1) is 19.2. The monoisotopic (exact) mass is 379 g/mol. The molecule has 0 atom stereocenters. The van der Waals surface area contributed by atoms with E-state index in [0.29, 0.717) is 16.7 Å². The first-order valence-electron chi connectivity index (χ1n) is 8.76. The van der Waals surface area contributed by atoms with Gasteiger partial charge in [0.15, 0.2) is 0 Å². The Balaban J connectivity index is 1.67. The molecule has 1 N–H and O–H groups in total. The zero-order valence-electron chi connectivity index (χ0n) is 16.0. The third-order valence-corrected chi connectivity index (χ3v) is 4.35. The number of amides is 2. The Hall–Kier alpha value is -3.55. The van der Waals surface area contributed by atoms with Crippen molar-refractivity contribution in [2.45, 2.75) is 20.4 Å². The minimum atomic E-state index is -0.372. The van der Waals surface area contributed by atoms with Crippen molar-refractivity contribution in [2.24, 2.45) is 0 Å². The van der Waals surface area contributed by atoms with Crippen LogP contribution in [0.25, 0.3) is 10.9 Å². The van der Waals surface area contributed by atoms with E-state index < -0.39 is 0 Å². The number of rotatable bonds is 5. The maximum atomic E-state index is 12.6. The van der Waals surface area contributed by atoms with Gasteiger partial charge in [0.1, 0.15) is 12.4 Å². The number of nitrogens with one attached hydrogen (secondary N) is 1. The van der Waals surface area contributed by atoms with Gasteiger partial charge >= 0.3 is 0 Å². The molecule has 8 nitrogen and oxygen atoms in total. The fourth-order valence-electron chi connectivity index (χ4n) is 2.81. The van der Waals surface area contributed by atoms with Crippen LogP contribution in [0.2, 0.25) is 0 Å². The van der Waals surface area contributed by atoms with Gasteiger partial charge in [0.25, 0.3) is 5.56 Å². The van der Waals surface area contributed by atoms with Gasteiger partial charge in [-0.25, -0.2) is 9.97 Å². The highest BCUT2D eigenvalue weighted by molar-refractivity contribution is 5.93. The van der Waals surface area contributed by atoms with Crippen LogP contribution in [0.5, 0.6) is 0 Å². The Morgan fingerprint density at radius 1 is 1.18 bits per heavy atom. The van der Waals surface area contributed by atoms with E-state index in [2.05, 4.69) is 15.3 Å². The molecule has 3 rings (SSSR count). The number of para-hydroxylation sites is 1. The summed E-state index contributed by atoms with van der Waals surface area (Å²) in [5.41, 5.74) is 2.19. The zero-order chi connectivity index (χ0) is 20.3. The van der Waals surface area contributed by atoms with Gasteiger partial charge in [-0.15, -0.1) is 0 Å². The van der Waals surface area contributed by atoms with Crippen LogP contribution >= 0.6 is 0 Å². The second-order valence-electron chi connectivity index (χ2n) is 6.67. The van der Waals surface area contributed by atoms with Crippen LogP contribution in [0.4, 0.5) is 5.82 Å². The largest absolute Gasteiger partial charge is 0.335 e. The molecule has 0 spiro atoms. The number of carbonyl (C=O) groups is 2. The summed E-state index contributed by atoms with van der Waals surface area (Å²) >= 11 is 0. The number of aromatic nitrogens is 3. The number of fused-ring (bicyclic) bond motifs is 1. The van der Waals surface area contributed by atoms with Crippen molar-refractivity contribution < 1.29 is 9.59 Å². The Bertz CT molecular complexity index is 1110. The average molecular weight is 379 g/mol. The van der Waals surface area contributed by atoms with Crippen LogP contribution in [-0.2, 0) is 16.1 Å². The topological polar surface area (TPSA) is 97.2 Å². The molecule has 3 aromatic rings. The molecule has 0 aliphatic rings. The number of nitrogens with zero attached hydrogens (tertiary/aromatic N) is 4. The lowest BCUT2D eigenvalue weighted by molar-refractivity contribution is -0.133. The van der Waals surface area contributed by atoms with E-state index in [1.807, 2.05) is 26.0 Å². The zero-order valence-corrected chi connectivity index (χ0v) is 16.0. The van der Waals surface area contributed by atoms with E-state index in [-0.39, 0.29) is 30.5 Å². The van der Waals surface area contributed by atoms with Gasteiger partial charge in [-0.1, -0.05) is 12.1 Å². The number of hydrogen-bond donors (Lipinski definition) is 1. The quantitative estimate of drug-likeness (QED) is 0.725. The van der Waals surface area contributed by atoms with Gasteiger partial charge < -0.3 is 10.2 Å². The summed E-state index contributed by atoms with van der Waals surface area (Å²) in [4.78, 5) is 46.8. The number of benzene rings is 1. The molecule has 2 amide bonds. The highest BCUT2D eigenvalue weighted by Gasteiger charge is 2.16. The lowest BCUT2D eigenvalue weighted by atomic mass is 10.1. The van der Waals surface area contributed by atoms with Crippen molar-refractivity contribution in [3.63, 3.8) is 0 Å². The molecule has 0 bridgehead atoms. The summed E-state index contributed by atoms with van der Waals surface area (Å²) in [6.07, 6.45) is 2.96. The Morgan fingerprint density at radius 3 is 2.71 bits per heavy atom. The summed E-state index contributed by atoms with van der Waals surface area (Å²) in [6, 6.07) is 8.90. The van der Waals surface area contributed by atoms with E-state index in [9.17, 15) is 14.4 Å². The van der Waals surface area contributed by atoms with Crippen molar-refractivity contribution in [2.75, 3.05) is 18.9 Å². The number of aryl methyl sites for hydroxylation is 2. The molecule has 0 unspecified atom stereocenters. The number of anilines is 1. The van der Waals surface area contributed by atoms with Gasteiger partial charge in [-0.05, 0) is 43.2 Å². The molecule has 0 fully saturated rings. The minimum Gasteiger partial charge on any atom is -0.335 e. The van der Waals surface area contributed by atoms with E-state index in [1.165, 1.54) is 22.8 Å². The SMILES string of the molecule is Cc1ccnc(NC(=O)CN(C)C(=O)Cn2cnc3c(C)cccc3c2=O)c1. The molecule has 0 radical (unpaired) electrons. The molecular weight excluding hydrogens is 358 g/mol. The Kier molecular flexibility index (Phi) is 5.49. The van der Waals surface area contributed by atoms with Crippen LogP contribution in [0.1, 0.15) is 11.1 Å². The van der Waals surface area contributed by atoms with Crippen LogP contribution in [-0.4, -0.2) is 44.8 Å². The van der Waals surface area contributed by atoms with Crippen LogP contribution < -0.4 is 10.9 Å². The predicted molar refractivity (Wildman–Crippen MR) is 106 cm³/mol. The van der Waals surface area contributed by atoms with Crippen LogP contribution in [0.3, 0.4) is 0 Å². The van der Waals surface area contributed by atoms with Crippen molar-refractivity contribution in [3.8, 4) is 0 Å². The third-order valence-electron chi connectivity index (χ3n) is 4.35. The fourth-order valence-corrected chi connectivity index (χ4v) is 2.81. The summed E-state index contributed by atoms with van der Waals surface area (Å²) in [6.45, 7) is 3.43. The van der Waals surface area contributed by atoms with Crippen molar-refractivity contribution in [1.82, 2.24) is 19.4 Å². The summed E-state index contributed by atoms with van der Waals surface area (Å²) in [5, 5.41) is 3.11. The van der Waals surface area contributed by atoms with Gasteiger partial charge in [0, 0.05) is 13.2 Å². The minimum absolute atomic E-state index is 0.149. The van der Waals surface area contributed by atoms with E-state index in [1.54, 1.807) is 24.4 Å². The highest BCUT2D eigenvalue weighted by atomic mass is 16.2. The molecule has 144 valence electrons. The van der Waals surface area contributed by atoms with E-state index in [0.717, 1.165) is 11.1 Å². The Morgan fingerprint density at radius 2 is 1.96 bits per heavy atom. The summed E-state index contributed by atoms with van der Waals surface area (Å²) < 4.78 is 1.25. The van der Waals surface area contributed by atoms with Crippen LogP contribution in [0, 0.1) is 13.8 Å². The number of pyridine rings is 1. The molecule has 2 heterocycles. The number of hydrogen-bond acceptors (Lipinski definition) is 5. The first-order chi connectivity index (χ1) is 13.3. The van der Waals surface area contributed by atoms with Gasteiger partial charge in [-0.3, -0.25) is 19.0 Å². The Labute approximate surface area is 161 Å². The molecule has 0 aliphatic heterocycles. The van der Waals surface area contributed by atoms with Gasteiger partial charge in [0.05, 0.1) is 23.8 Å². The number of carbonyl (C=O) groups excluding carboxylic acids is 2. The molecule has 0 saturated carbocycles. The van der Waals surface area contributed by atoms with E-state index >= 15 is 0 Å². The molecule has 8 heteroatoms. The van der Waals surface area contributed by atoms with Crippen LogP contribution in [0.15, 0.2) is 47.7 Å². The maximum Gasteiger partial charge on any atom is 0.261 e. The van der Waals surface area contributed by atoms with Gasteiger partial charge in [-0.2, -0.15) is 0 Å². The molecule has 0 saturated heterocycles. The smallest absolute Gasteiger partial charge is 0.261 e. The summed E-state index contributed by atoms with van der Waals surface area (Å²) in [7, 11) is 1.51. The van der Waals surface area contributed by atoms with Gasteiger partial charge in [0.2, 0.25) is 11.8 Å². The molecule has 0 aliphatic carbocycles. The molecule has 2 aromatic heterocycles. The molecule has 28 heavy (non-hydrogen) atoms. The highest BCUT2D eigenvalue weighted by Crippen LogP contribution is 2.11. The molecule has 1 aromatic carbocycles. The average Bonchev–Trinajstić information content (AvgIpc) is 2.64. The van der Waals surface area contributed by atoms with Crippen molar-refractivity contribution >= 4 is 28.5 Å². The van der Waals surface area contributed by atoms with Crippen molar-refractivity contribution in [1.29, 1.82) is 0 Å². The predicted octanol–water partition coefficient (Wildman–Crippen LogP) is 1.51. The maximum absolute atomic E-state index is 12.6. The lowest BCUT2D eigenvalue weighted by Crippen LogP contribution is -2.38. The molecular formula is C20H21N5O3. The summed E-state index contributed by atoms with van der Waals surface area (Å²) in [5.74, 6) is -0.312. The second kappa shape index (κ2) is 7.99. The normalized spacial score (nSPS) is 10.7. The standard InChI is InChI=1S/C20H21N5O3/c1-13-7-8-21-16(9-13)23-17(26)10-24(3)18(27)11-25-12-22-19-14(2)5-4-6-15(19)20(25)28/h4-9,12H,10-11H2,1-3H3,(H,21,23,26). The first-order valence-corrected chi connectivity index (χ1v) is 8.76. The fraction of sp³-hybridized carbons (Fsp3) is 0.250. The lowest BCUT2D eigenvalue weighted by Gasteiger charge is -2.17. The third kappa shape index (κ3) is 4.22. The second-order valence-corrected chi connectivity index (χ2v) is 6.67. The van der Waals surface area contributed by atoms with E-state index in [4.69, 9.17) is 0 Å². The number of likely N-dealkylation sites (N-methyl/N-ethyl adjacent to an activating group) is 1.